The number of benzene rings is 2. The van der Waals surface area contributed by atoms with E-state index in [1.165, 1.54) is 43.6 Å². The van der Waals surface area contributed by atoms with Crippen LogP contribution >= 0.6 is 0 Å². The smallest absolute Gasteiger partial charge is 0.231 e. The molecule has 1 N–H and O–H groups in total. The van der Waals surface area contributed by atoms with Crippen molar-refractivity contribution in [2.24, 2.45) is 0 Å². The number of hydrogen-bond acceptors (Lipinski definition) is 4. The van der Waals surface area contributed by atoms with Crippen molar-refractivity contribution in [1.29, 1.82) is 0 Å². The molecule has 2 aliphatic rings. The van der Waals surface area contributed by atoms with Crippen molar-refractivity contribution >= 4 is 0 Å². The fraction of sp³-hybridized carbons (Fsp3) is 0.429. The summed E-state index contributed by atoms with van der Waals surface area (Å²) in [4.78, 5) is 2.59. The normalized spacial score (nSPS) is 17.8. The molecule has 1 fully saturated rings. The Bertz CT molecular complexity index is 682. The van der Waals surface area contributed by atoms with Gasteiger partial charge in [-0.1, -0.05) is 36.4 Å². The molecular weight excluding hydrogens is 312 g/mol. The van der Waals surface area contributed by atoms with E-state index in [4.69, 9.17) is 9.47 Å². The van der Waals surface area contributed by atoms with Crippen molar-refractivity contribution in [2.45, 2.75) is 31.8 Å². The summed E-state index contributed by atoms with van der Waals surface area (Å²) >= 11 is 0. The van der Waals surface area contributed by atoms with Crippen molar-refractivity contribution in [3.63, 3.8) is 0 Å². The molecule has 0 saturated carbocycles. The second-order valence-electron chi connectivity index (χ2n) is 6.92. The number of ether oxygens (including phenoxy) is 2. The summed E-state index contributed by atoms with van der Waals surface area (Å²) in [5, 5.41) is 3.70. The first-order valence-corrected chi connectivity index (χ1v) is 9.25. The lowest BCUT2D eigenvalue weighted by Gasteiger charge is -2.32. The van der Waals surface area contributed by atoms with E-state index in [2.05, 4.69) is 52.7 Å². The van der Waals surface area contributed by atoms with Gasteiger partial charge in [0, 0.05) is 19.1 Å². The van der Waals surface area contributed by atoms with E-state index in [9.17, 15) is 0 Å². The van der Waals surface area contributed by atoms with E-state index < -0.39 is 0 Å². The SMILES string of the molecule is c1ccc(CCN2CCC(NCc3ccc4c(c3)OCO4)CC2)cc1. The Morgan fingerprint density at radius 3 is 2.56 bits per heavy atom. The number of piperidine rings is 1. The highest BCUT2D eigenvalue weighted by Gasteiger charge is 2.19. The van der Waals surface area contributed by atoms with E-state index in [0.717, 1.165) is 24.5 Å². The van der Waals surface area contributed by atoms with Crippen LogP contribution in [0.4, 0.5) is 0 Å². The summed E-state index contributed by atoms with van der Waals surface area (Å²) in [7, 11) is 0. The zero-order chi connectivity index (χ0) is 16.9. The molecule has 0 aliphatic carbocycles. The van der Waals surface area contributed by atoms with Crippen LogP contribution in [-0.2, 0) is 13.0 Å². The predicted molar refractivity (Wildman–Crippen MR) is 99.0 cm³/mol. The largest absolute Gasteiger partial charge is 0.454 e. The van der Waals surface area contributed by atoms with Gasteiger partial charge in [0.25, 0.3) is 0 Å². The van der Waals surface area contributed by atoms with Crippen molar-refractivity contribution in [3.8, 4) is 11.5 Å². The van der Waals surface area contributed by atoms with E-state index >= 15 is 0 Å². The quantitative estimate of drug-likeness (QED) is 0.877. The summed E-state index contributed by atoms with van der Waals surface area (Å²) in [6, 6.07) is 17.6. The van der Waals surface area contributed by atoms with Crippen LogP contribution in [0.2, 0.25) is 0 Å². The maximum absolute atomic E-state index is 5.45. The maximum atomic E-state index is 5.45. The zero-order valence-corrected chi connectivity index (χ0v) is 14.6. The molecule has 0 radical (unpaired) electrons. The number of likely N-dealkylation sites (tertiary alicyclic amines) is 1. The Balaban J connectivity index is 1.19. The van der Waals surface area contributed by atoms with Crippen molar-refractivity contribution in [3.05, 3.63) is 59.7 Å². The van der Waals surface area contributed by atoms with Gasteiger partial charge in [0.05, 0.1) is 0 Å². The van der Waals surface area contributed by atoms with Crippen LogP contribution in [0.15, 0.2) is 48.5 Å². The molecule has 0 aromatic heterocycles. The highest BCUT2D eigenvalue weighted by Crippen LogP contribution is 2.32. The van der Waals surface area contributed by atoms with Crippen LogP contribution in [0.1, 0.15) is 24.0 Å². The number of rotatable bonds is 6. The van der Waals surface area contributed by atoms with E-state index in [-0.39, 0.29) is 0 Å². The first-order valence-electron chi connectivity index (χ1n) is 9.25. The van der Waals surface area contributed by atoms with Gasteiger partial charge in [-0.3, -0.25) is 0 Å². The van der Waals surface area contributed by atoms with Gasteiger partial charge in [0.15, 0.2) is 11.5 Å². The number of nitrogens with zero attached hydrogens (tertiary/aromatic N) is 1. The van der Waals surface area contributed by atoms with Gasteiger partial charge < -0.3 is 19.7 Å². The van der Waals surface area contributed by atoms with Crippen LogP contribution in [0.25, 0.3) is 0 Å². The molecule has 0 atom stereocenters. The van der Waals surface area contributed by atoms with Gasteiger partial charge in [0.2, 0.25) is 6.79 Å². The number of fused-ring (bicyclic) bond motifs is 1. The third-order valence-corrected chi connectivity index (χ3v) is 5.18. The second-order valence-corrected chi connectivity index (χ2v) is 6.92. The Labute approximate surface area is 149 Å². The molecule has 2 aromatic rings. The molecule has 2 aliphatic heterocycles. The van der Waals surface area contributed by atoms with Gasteiger partial charge in [0.1, 0.15) is 0 Å². The van der Waals surface area contributed by atoms with Crippen LogP contribution in [-0.4, -0.2) is 37.4 Å². The average Bonchev–Trinajstić information content (AvgIpc) is 3.14. The molecule has 0 spiro atoms. The monoisotopic (exact) mass is 338 g/mol. The Kier molecular flexibility index (Phi) is 5.19. The Morgan fingerprint density at radius 2 is 1.72 bits per heavy atom. The molecule has 2 aromatic carbocycles. The first kappa shape index (κ1) is 16.4. The van der Waals surface area contributed by atoms with Gasteiger partial charge in [-0.05, 0) is 55.6 Å². The minimum absolute atomic E-state index is 0.341. The number of nitrogens with one attached hydrogen (secondary N) is 1. The molecule has 4 nitrogen and oxygen atoms in total. The van der Waals surface area contributed by atoms with Crippen LogP contribution in [0, 0.1) is 0 Å². The highest BCUT2D eigenvalue weighted by atomic mass is 16.7. The van der Waals surface area contributed by atoms with Crippen LogP contribution < -0.4 is 14.8 Å². The number of hydrogen-bond donors (Lipinski definition) is 1. The van der Waals surface area contributed by atoms with Gasteiger partial charge in [-0.2, -0.15) is 0 Å². The molecular formula is C21H26N2O2. The minimum Gasteiger partial charge on any atom is -0.454 e. The van der Waals surface area contributed by atoms with E-state index in [1.54, 1.807) is 0 Å². The molecule has 1 saturated heterocycles. The van der Waals surface area contributed by atoms with Crippen molar-refractivity contribution < 1.29 is 9.47 Å². The molecule has 2 heterocycles. The van der Waals surface area contributed by atoms with Crippen molar-refractivity contribution in [1.82, 2.24) is 10.2 Å². The van der Waals surface area contributed by atoms with Gasteiger partial charge in [-0.15, -0.1) is 0 Å². The van der Waals surface area contributed by atoms with Crippen LogP contribution in [0.5, 0.6) is 11.5 Å². The minimum atomic E-state index is 0.341. The average molecular weight is 338 g/mol. The molecule has 132 valence electrons. The molecule has 25 heavy (non-hydrogen) atoms. The van der Waals surface area contributed by atoms with Crippen LogP contribution in [0.3, 0.4) is 0 Å². The van der Waals surface area contributed by atoms with Gasteiger partial charge >= 0.3 is 0 Å². The summed E-state index contributed by atoms with van der Waals surface area (Å²) in [5.41, 5.74) is 2.70. The lowest BCUT2D eigenvalue weighted by Crippen LogP contribution is -2.42. The lowest BCUT2D eigenvalue weighted by molar-refractivity contribution is 0.174. The summed E-state index contributed by atoms with van der Waals surface area (Å²) in [6.45, 7) is 4.77. The molecule has 0 bridgehead atoms. The standard InChI is InChI=1S/C21H26N2O2/c1-2-4-17(5-3-1)8-11-23-12-9-19(10-13-23)22-15-18-6-7-20-21(14-18)25-16-24-20/h1-7,14,19,22H,8-13,15-16H2. The Morgan fingerprint density at radius 1 is 0.920 bits per heavy atom. The lowest BCUT2D eigenvalue weighted by atomic mass is 10.0. The molecule has 0 unspecified atom stereocenters. The summed E-state index contributed by atoms with van der Waals surface area (Å²) < 4.78 is 10.8. The maximum Gasteiger partial charge on any atom is 0.231 e. The third-order valence-electron chi connectivity index (χ3n) is 5.18. The molecule has 0 amide bonds. The topological polar surface area (TPSA) is 33.7 Å². The molecule has 4 rings (SSSR count). The summed E-state index contributed by atoms with van der Waals surface area (Å²) in [6.07, 6.45) is 3.59. The highest BCUT2D eigenvalue weighted by molar-refractivity contribution is 5.44. The third kappa shape index (κ3) is 4.33. The second kappa shape index (κ2) is 7.89. The Hall–Kier alpha value is -2.04. The fourth-order valence-electron chi connectivity index (χ4n) is 3.61. The fourth-order valence-corrected chi connectivity index (χ4v) is 3.61. The first-order chi connectivity index (χ1) is 12.4. The van der Waals surface area contributed by atoms with E-state index in [1.807, 2.05) is 6.07 Å². The van der Waals surface area contributed by atoms with Gasteiger partial charge in [-0.25, -0.2) is 0 Å². The zero-order valence-electron chi connectivity index (χ0n) is 14.6. The predicted octanol–water partition coefficient (Wildman–Crippen LogP) is 3.21. The summed E-state index contributed by atoms with van der Waals surface area (Å²) in [5.74, 6) is 1.73. The van der Waals surface area contributed by atoms with E-state index in [0.29, 0.717) is 12.8 Å². The van der Waals surface area contributed by atoms with Crippen molar-refractivity contribution in [2.75, 3.05) is 26.4 Å². The molecule has 4 heteroatoms.